The van der Waals surface area contributed by atoms with Gasteiger partial charge in [-0.05, 0) is 236 Å². The van der Waals surface area contributed by atoms with E-state index in [1.807, 2.05) is 36.4 Å². The topological polar surface area (TPSA) is 203 Å². The molecule has 3 aromatic carbocycles. The standard InChI is InChI=1S/C26H35NO5.C26H34O6.C25H34O4.2C3H8O2/c1-2-4-17-6-8-22(9-7-17)27-24(28)29-23-5-3-10-25(16-23)30-26(32-31-25)20-12-18-11-19(14-20)15-21(26)13-18;1-2-24(27)28-16-17-5-7-22(8-6-17)29-23-4-3-9-25(15-23)30-26(32-31-25)20-11-18-10-19(13-20)14-21(26)12-18;1-2-4-17-6-8-22(9-7-17)26-23-5-3-10-24(16-23)27-25(29-28-24)20-12-18-11-19(14-20)15-21(25)13-18;2*1-4-3-5-2/h6-9,18-21,23H,2-5,10-16H2,1H3,(H,27,28);5-8,18-21,23H,2-4,9-16H2,1H3;6-9,18-21,23H,2-5,10-16H2,1H3;2*3H2,1-2H3. The summed E-state index contributed by atoms with van der Waals surface area (Å²) in [6, 6.07) is 24.4. The van der Waals surface area contributed by atoms with Crippen molar-refractivity contribution in [3.05, 3.63) is 89.5 Å². The second kappa shape index (κ2) is 33.1. The normalized spacial score (nSPS) is 39.7. The number of carbonyl (C=O) groups is 2. The second-order valence-electron chi connectivity index (χ2n) is 33.4. The molecule has 15 aliphatic carbocycles. The lowest BCUT2D eigenvalue weighted by Crippen LogP contribution is -2.59. The monoisotopic (exact) mass is 1430 g/mol. The minimum absolute atomic E-state index is 0.0307. The van der Waals surface area contributed by atoms with Crippen molar-refractivity contribution in [3.63, 3.8) is 0 Å². The number of amides is 1. The van der Waals surface area contributed by atoms with Crippen molar-refractivity contribution in [2.24, 2.45) is 71.0 Å². The van der Waals surface area contributed by atoms with Gasteiger partial charge in [-0.1, -0.05) is 70.0 Å². The van der Waals surface area contributed by atoms with Crippen LogP contribution in [0, 0.1) is 71.0 Å². The molecule has 570 valence electrons. The van der Waals surface area contributed by atoms with Crippen LogP contribution in [0.2, 0.25) is 0 Å². The Balaban J connectivity index is 0.000000122. The Kier molecular flexibility index (Phi) is 24.2. The summed E-state index contributed by atoms with van der Waals surface area (Å²) in [6.07, 6.45) is 33.7. The molecule has 0 aromatic heterocycles. The predicted octanol–water partition coefficient (Wildman–Crippen LogP) is 17.5. The van der Waals surface area contributed by atoms with E-state index in [-0.39, 0.29) is 24.3 Å². The van der Waals surface area contributed by atoms with Crippen LogP contribution in [0.5, 0.6) is 11.5 Å². The SMILES string of the molecule is CCC(=O)OCc1ccc(OC2CCCC3(C2)OOC2(O3)C3CC4CC(C3)CC2C4)cc1.CCCc1ccc(NC(=O)OC2CCCC3(C2)OOC2(O3)C3CC4CC(C3)CC2C4)cc1.CCCc1ccc(OC2CCCC3(C2)OOC2(O3)C3CC4CC(C3)CC2C4)cc1.COCOC.COCOC. The zero-order valence-corrected chi connectivity index (χ0v) is 62.6. The summed E-state index contributed by atoms with van der Waals surface area (Å²) in [5.74, 6) is 6.04. The molecule has 3 saturated heterocycles. The van der Waals surface area contributed by atoms with Gasteiger partial charge in [0.2, 0.25) is 34.7 Å². The zero-order valence-electron chi connectivity index (χ0n) is 62.6. The van der Waals surface area contributed by atoms with Gasteiger partial charge in [0.25, 0.3) is 0 Å². The molecule has 21 rings (SSSR count). The molecule has 0 radical (unpaired) electrons. The zero-order chi connectivity index (χ0) is 71.2. The largest absolute Gasteiger partial charge is 0.490 e. The van der Waals surface area contributed by atoms with Crippen molar-refractivity contribution < 1.29 is 91.0 Å². The first-order valence-electron chi connectivity index (χ1n) is 40.0. The number of anilines is 1. The summed E-state index contributed by atoms with van der Waals surface area (Å²) in [5, 5.41) is 2.86. The third-order valence-electron chi connectivity index (χ3n) is 25.9. The molecule has 20 nitrogen and oxygen atoms in total. The fourth-order valence-electron chi connectivity index (χ4n) is 22.0. The smallest absolute Gasteiger partial charge is 0.411 e. The summed E-state index contributed by atoms with van der Waals surface area (Å²) < 4.78 is 62.0. The number of carbonyl (C=O) groups excluding carboxylic acids is 2. The molecule has 15 saturated carbocycles. The number of nitrogens with one attached hydrogen (secondary N) is 1. The second-order valence-corrected chi connectivity index (χ2v) is 33.4. The fourth-order valence-corrected chi connectivity index (χ4v) is 22.0. The highest BCUT2D eigenvalue weighted by atomic mass is 17.3. The molecule has 3 heterocycles. The number of benzene rings is 3. The predicted molar refractivity (Wildman–Crippen MR) is 381 cm³/mol. The van der Waals surface area contributed by atoms with E-state index in [0.717, 1.165) is 142 Å². The first-order chi connectivity index (χ1) is 50.1. The number of aryl methyl sites for hydroxylation is 2. The van der Waals surface area contributed by atoms with Gasteiger partial charge in [0.1, 0.15) is 50.0 Å². The number of hydrogen-bond donors (Lipinski definition) is 1. The molecule has 6 unspecified atom stereocenters. The van der Waals surface area contributed by atoms with Gasteiger partial charge in [-0.25, -0.2) is 4.79 Å². The number of rotatable bonds is 17. The van der Waals surface area contributed by atoms with Gasteiger partial charge in [0.15, 0.2) is 0 Å². The minimum Gasteiger partial charge on any atom is -0.490 e. The van der Waals surface area contributed by atoms with Crippen LogP contribution in [0.1, 0.15) is 230 Å². The van der Waals surface area contributed by atoms with Gasteiger partial charge >= 0.3 is 12.1 Å². The van der Waals surface area contributed by atoms with Crippen LogP contribution in [0.3, 0.4) is 0 Å². The highest BCUT2D eigenvalue weighted by Crippen LogP contribution is 2.67. The van der Waals surface area contributed by atoms with Crippen molar-refractivity contribution in [2.75, 3.05) is 47.3 Å². The molecular weight excluding hydrogens is 1310 g/mol. The Bertz CT molecular complexity index is 3130. The van der Waals surface area contributed by atoms with Crippen LogP contribution in [-0.4, -0.2) is 107 Å². The van der Waals surface area contributed by atoms with Crippen molar-refractivity contribution in [3.8, 4) is 11.5 Å². The molecule has 18 aliphatic rings. The molecule has 6 spiro atoms. The maximum atomic E-state index is 12.5. The van der Waals surface area contributed by atoms with Crippen LogP contribution in [-0.2, 0) is 96.2 Å². The highest BCUT2D eigenvalue weighted by molar-refractivity contribution is 5.84. The summed E-state index contributed by atoms with van der Waals surface area (Å²) in [5.41, 5.74) is 4.36. The Morgan fingerprint density at radius 2 is 0.748 bits per heavy atom. The molecule has 20 heteroatoms. The molecule has 6 atom stereocenters. The van der Waals surface area contributed by atoms with Gasteiger partial charge in [-0.15, -0.1) is 0 Å². The lowest BCUT2D eigenvalue weighted by atomic mass is 9.53. The summed E-state index contributed by atoms with van der Waals surface area (Å²) >= 11 is 0. The average molecular weight is 1430 g/mol. The van der Waals surface area contributed by atoms with Crippen molar-refractivity contribution in [1.29, 1.82) is 0 Å². The average Bonchev–Trinajstić information content (AvgIpc) is 1.66. The number of hydrogen-bond acceptors (Lipinski definition) is 19. The van der Waals surface area contributed by atoms with E-state index in [1.54, 1.807) is 35.4 Å². The maximum Gasteiger partial charge on any atom is 0.411 e. The summed E-state index contributed by atoms with van der Waals surface area (Å²) in [7, 11) is 6.35. The van der Waals surface area contributed by atoms with Gasteiger partial charge in [-0.2, -0.15) is 29.3 Å². The number of esters is 1. The number of methoxy groups -OCH3 is 4. The molecule has 1 amide bonds. The van der Waals surface area contributed by atoms with Crippen LogP contribution in [0.25, 0.3) is 0 Å². The van der Waals surface area contributed by atoms with E-state index in [2.05, 4.69) is 74.5 Å². The van der Waals surface area contributed by atoms with E-state index in [9.17, 15) is 9.59 Å². The molecule has 1 N–H and O–H groups in total. The summed E-state index contributed by atoms with van der Waals surface area (Å²) in [4.78, 5) is 60.5. The highest BCUT2D eigenvalue weighted by Gasteiger charge is 2.70. The fraction of sp³-hybridized carbons (Fsp3) is 0.759. The third-order valence-corrected chi connectivity index (χ3v) is 25.9. The molecule has 3 aromatic rings. The maximum absolute atomic E-state index is 12.5. The Morgan fingerprint density at radius 3 is 1.08 bits per heavy atom. The van der Waals surface area contributed by atoms with Crippen molar-refractivity contribution in [2.45, 2.75) is 286 Å². The first kappa shape index (κ1) is 75.3. The third kappa shape index (κ3) is 16.9. The van der Waals surface area contributed by atoms with E-state index in [0.29, 0.717) is 75.0 Å². The minimum atomic E-state index is -0.777. The summed E-state index contributed by atoms with van der Waals surface area (Å²) in [6.45, 7) is 7.24. The van der Waals surface area contributed by atoms with Crippen molar-refractivity contribution in [1.82, 2.24) is 0 Å². The van der Waals surface area contributed by atoms with E-state index in [4.69, 9.17) is 62.5 Å². The van der Waals surface area contributed by atoms with Crippen LogP contribution in [0.4, 0.5) is 10.5 Å². The lowest BCUT2D eigenvalue weighted by molar-refractivity contribution is -0.390. The Hall–Kier alpha value is -4.52. The van der Waals surface area contributed by atoms with E-state index < -0.39 is 40.8 Å². The quantitative estimate of drug-likeness (QED) is 0.0758. The molecule has 18 fully saturated rings. The molecule has 3 aliphatic heterocycles. The van der Waals surface area contributed by atoms with Crippen molar-refractivity contribution >= 4 is 17.7 Å². The molecule has 103 heavy (non-hydrogen) atoms. The van der Waals surface area contributed by atoms with Gasteiger partial charge < -0.3 is 52.1 Å². The van der Waals surface area contributed by atoms with Gasteiger partial charge in [0.05, 0.1) is 0 Å². The van der Waals surface area contributed by atoms with Crippen LogP contribution >= 0.6 is 0 Å². The molecular formula is C83H119NO19. The van der Waals surface area contributed by atoms with Crippen LogP contribution < -0.4 is 14.8 Å². The Morgan fingerprint density at radius 1 is 0.417 bits per heavy atom. The van der Waals surface area contributed by atoms with Gasteiger partial charge in [-0.3, -0.25) is 10.1 Å². The number of ether oxygens (including phenoxy) is 11. The lowest BCUT2D eigenvalue weighted by Gasteiger charge is -2.57. The van der Waals surface area contributed by atoms with Crippen LogP contribution in [0.15, 0.2) is 72.8 Å². The Labute approximate surface area is 611 Å². The first-order valence-corrected chi connectivity index (χ1v) is 40.0. The van der Waals surface area contributed by atoms with E-state index in [1.165, 1.54) is 114 Å². The molecule has 12 bridgehead atoms. The van der Waals surface area contributed by atoms with E-state index >= 15 is 0 Å². The van der Waals surface area contributed by atoms with Gasteiger partial charge in [0, 0.05) is 115 Å².